The number of carbonyl (C=O) groups is 1. The molecule has 0 aromatic rings. The number of likely N-dealkylation sites (tertiary alicyclic amines) is 1. The summed E-state index contributed by atoms with van der Waals surface area (Å²) in [5.74, 6) is 0.150. The molecule has 106 valence electrons. The van der Waals surface area contributed by atoms with Gasteiger partial charge in [0, 0.05) is 25.2 Å². The van der Waals surface area contributed by atoms with E-state index in [0.29, 0.717) is 18.6 Å². The summed E-state index contributed by atoms with van der Waals surface area (Å²) in [6.07, 6.45) is 3.71. The van der Waals surface area contributed by atoms with Gasteiger partial charge in [0.2, 0.25) is 5.91 Å². The quantitative estimate of drug-likeness (QED) is 0.779. The van der Waals surface area contributed by atoms with Crippen molar-refractivity contribution in [3.05, 3.63) is 0 Å². The van der Waals surface area contributed by atoms with Crippen LogP contribution >= 0.6 is 0 Å². The second-order valence-electron chi connectivity index (χ2n) is 5.72. The van der Waals surface area contributed by atoms with Crippen molar-refractivity contribution < 1.29 is 4.79 Å². The zero-order chi connectivity index (χ0) is 13.8. The Labute approximate surface area is 111 Å². The van der Waals surface area contributed by atoms with Crippen molar-refractivity contribution in [2.75, 3.05) is 20.1 Å². The van der Waals surface area contributed by atoms with E-state index in [2.05, 4.69) is 24.2 Å². The van der Waals surface area contributed by atoms with E-state index in [-0.39, 0.29) is 11.3 Å². The maximum absolute atomic E-state index is 12.4. The van der Waals surface area contributed by atoms with Gasteiger partial charge in [-0.25, -0.2) is 0 Å². The first kappa shape index (κ1) is 15.4. The van der Waals surface area contributed by atoms with Gasteiger partial charge in [-0.15, -0.1) is 0 Å². The summed E-state index contributed by atoms with van der Waals surface area (Å²) < 4.78 is 0. The zero-order valence-electron chi connectivity index (χ0n) is 12.3. The lowest BCUT2D eigenvalue weighted by molar-refractivity contribution is -0.132. The summed E-state index contributed by atoms with van der Waals surface area (Å²) in [6, 6.07) is 0.854. The van der Waals surface area contributed by atoms with Gasteiger partial charge in [-0.2, -0.15) is 0 Å². The van der Waals surface area contributed by atoms with Crippen molar-refractivity contribution >= 4 is 5.91 Å². The molecule has 0 aromatic carbocycles. The number of rotatable bonds is 5. The molecule has 0 saturated carbocycles. The van der Waals surface area contributed by atoms with Gasteiger partial charge in [0.15, 0.2) is 0 Å². The third-order valence-electron chi connectivity index (χ3n) is 4.77. The number of piperidine rings is 1. The number of nitrogens with one attached hydrogen (secondary N) is 1. The Morgan fingerprint density at radius 2 is 2.06 bits per heavy atom. The minimum atomic E-state index is -0.368. The third-order valence-corrected chi connectivity index (χ3v) is 4.77. The Bertz CT molecular complexity index is 268. The fourth-order valence-corrected chi connectivity index (χ4v) is 2.71. The Morgan fingerprint density at radius 3 is 2.50 bits per heavy atom. The second-order valence-corrected chi connectivity index (χ2v) is 5.72. The molecule has 0 aliphatic carbocycles. The van der Waals surface area contributed by atoms with Crippen LogP contribution in [0.3, 0.4) is 0 Å². The summed E-state index contributed by atoms with van der Waals surface area (Å²) >= 11 is 0. The molecule has 2 atom stereocenters. The first-order valence-corrected chi connectivity index (χ1v) is 7.20. The highest BCUT2D eigenvalue weighted by Gasteiger charge is 2.35. The Morgan fingerprint density at radius 1 is 1.44 bits per heavy atom. The normalized spacial score (nSPS) is 26.1. The molecule has 1 rings (SSSR count). The third kappa shape index (κ3) is 3.23. The summed E-state index contributed by atoms with van der Waals surface area (Å²) in [4.78, 5) is 14.8. The van der Waals surface area contributed by atoms with Crippen molar-refractivity contribution in [3.8, 4) is 0 Å². The standard InChI is InChI=1S/C14H29N3O/c1-5-14(6-2,10-15)13(18)16-12-7-8-17(4)11(3)9-12/h11-12H,5-10,15H2,1-4H3,(H,16,18). The number of hydrogen-bond acceptors (Lipinski definition) is 3. The minimum Gasteiger partial charge on any atom is -0.353 e. The summed E-state index contributed by atoms with van der Waals surface area (Å²) in [5, 5.41) is 3.22. The first-order valence-electron chi connectivity index (χ1n) is 7.20. The van der Waals surface area contributed by atoms with E-state index < -0.39 is 0 Å². The van der Waals surface area contributed by atoms with Gasteiger partial charge in [-0.05, 0) is 39.7 Å². The van der Waals surface area contributed by atoms with Gasteiger partial charge in [0.25, 0.3) is 0 Å². The Hall–Kier alpha value is -0.610. The molecule has 4 nitrogen and oxygen atoms in total. The molecule has 1 aliphatic rings. The molecule has 0 bridgehead atoms. The molecule has 0 spiro atoms. The van der Waals surface area contributed by atoms with Crippen LogP contribution in [-0.2, 0) is 4.79 Å². The SMILES string of the molecule is CCC(CC)(CN)C(=O)NC1CCN(C)C(C)C1. The fraction of sp³-hybridized carbons (Fsp3) is 0.929. The van der Waals surface area contributed by atoms with Crippen molar-refractivity contribution in [1.82, 2.24) is 10.2 Å². The van der Waals surface area contributed by atoms with Crippen LogP contribution < -0.4 is 11.1 Å². The van der Waals surface area contributed by atoms with Crippen molar-refractivity contribution in [1.29, 1.82) is 0 Å². The lowest BCUT2D eigenvalue weighted by atomic mass is 9.81. The highest BCUT2D eigenvalue weighted by atomic mass is 16.2. The first-order chi connectivity index (χ1) is 8.49. The van der Waals surface area contributed by atoms with Crippen LogP contribution in [0.2, 0.25) is 0 Å². The maximum Gasteiger partial charge on any atom is 0.227 e. The summed E-state index contributed by atoms with van der Waals surface area (Å²) in [6.45, 7) is 7.81. The summed E-state index contributed by atoms with van der Waals surface area (Å²) in [7, 11) is 2.14. The van der Waals surface area contributed by atoms with Gasteiger partial charge in [-0.3, -0.25) is 4.79 Å². The molecular formula is C14H29N3O. The molecule has 1 saturated heterocycles. The Balaban J connectivity index is 2.59. The largest absolute Gasteiger partial charge is 0.353 e. The van der Waals surface area contributed by atoms with E-state index in [1.165, 1.54) is 0 Å². The molecule has 1 aliphatic heterocycles. The molecule has 4 heteroatoms. The van der Waals surface area contributed by atoms with E-state index in [4.69, 9.17) is 5.73 Å². The molecular weight excluding hydrogens is 226 g/mol. The van der Waals surface area contributed by atoms with Crippen molar-refractivity contribution in [2.45, 2.75) is 58.5 Å². The number of nitrogens with two attached hydrogens (primary N) is 1. The van der Waals surface area contributed by atoms with Crippen LogP contribution in [0.1, 0.15) is 46.5 Å². The molecule has 1 amide bonds. The van der Waals surface area contributed by atoms with E-state index >= 15 is 0 Å². The van der Waals surface area contributed by atoms with Gasteiger partial charge in [-0.1, -0.05) is 13.8 Å². The zero-order valence-corrected chi connectivity index (χ0v) is 12.3. The number of nitrogens with zero attached hydrogens (tertiary/aromatic N) is 1. The maximum atomic E-state index is 12.4. The molecule has 18 heavy (non-hydrogen) atoms. The summed E-state index contributed by atoms with van der Waals surface area (Å²) in [5.41, 5.74) is 5.45. The minimum absolute atomic E-state index is 0.150. The van der Waals surface area contributed by atoms with Gasteiger partial charge in [0.1, 0.15) is 0 Å². The van der Waals surface area contributed by atoms with Crippen LogP contribution in [0, 0.1) is 5.41 Å². The smallest absolute Gasteiger partial charge is 0.227 e. The average molecular weight is 255 g/mol. The van der Waals surface area contributed by atoms with Crippen LogP contribution in [0.25, 0.3) is 0 Å². The predicted molar refractivity (Wildman–Crippen MR) is 75.3 cm³/mol. The lowest BCUT2D eigenvalue weighted by Crippen LogP contribution is -2.52. The van der Waals surface area contributed by atoms with Crippen molar-refractivity contribution in [2.24, 2.45) is 11.1 Å². The van der Waals surface area contributed by atoms with E-state index in [1.807, 2.05) is 13.8 Å². The highest BCUT2D eigenvalue weighted by Crippen LogP contribution is 2.26. The number of hydrogen-bond donors (Lipinski definition) is 2. The van der Waals surface area contributed by atoms with Gasteiger partial charge < -0.3 is 16.0 Å². The molecule has 1 fully saturated rings. The topological polar surface area (TPSA) is 58.4 Å². The molecule has 0 aromatic heterocycles. The Kier molecular flexibility index (Phi) is 5.60. The number of carbonyl (C=O) groups excluding carboxylic acids is 1. The highest BCUT2D eigenvalue weighted by molar-refractivity contribution is 5.83. The molecule has 0 radical (unpaired) electrons. The molecule has 3 N–H and O–H groups in total. The lowest BCUT2D eigenvalue weighted by Gasteiger charge is -2.37. The van der Waals surface area contributed by atoms with Crippen molar-refractivity contribution in [3.63, 3.8) is 0 Å². The fourth-order valence-electron chi connectivity index (χ4n) is 2.71. The van der Waals surface area contributed by atoms with Crippen LogP contribution in [0.4, 0.5) is 0 Å². The van der Waals surface area contributed by atoms with Crippen LogP contribution in [-0.4, -0.2) is 43.0 Å². The van der Waals surface area contributed by atoms with E-state index in [1.54, 1.807) is 0 Å². The molecule has 2 unspecified atom stereocenters. The van der Waals surface area contributed by atoms with E-state index in [9.17, 15) is 4.79 Å². The predicted octanol–water partition coefficient (Wildman–Crippen LogP) is 1.35. The monoisotopic (exact) mass is 255 g/mol. The van der Waals surface area contributed by atoms with Crippen LogP contribution in [0.15, 0.2) is 0 Å². The van der Waals surface area contributed by atoms with Crippen LogP contribution in [0.5, 0.6) is 0 Å². The van der Waals surface area contributed by atoms with E-state index in [0.717, 1.165) is 32.2 Å². The average Bonchev–Trinajstić information content (AvgIpc) is 2.37. The number of amides is 1. The van der Waals surface area contributed by atoms with Gasteiger partial charge >= 0.3 is 0 Å². The second kappa shape index (κ2) is 6.53. The molecule has 1 heterocycles. The van der Waals surface area contributed by atoms with Gasteiger partial charge in [0.05, 0.1) is 5.41 Å².